The van der Waals surface area contributed by atoms with Crippen LogP contribution in [-0.4, -0.2) is 22.3 Å². The molecule has 0 aliphatic carbocycles. The van der Waals surface area contributed by atoms with Gasteiger partial charge in [0, 0.05) is 16.8 Å². The summed E-state index contributed by atoms with van der Waals surface area (Å²) in [5.41, 5.74) is 0.759. The zero-order valence-electron chi connectivity index (χ0n) is 12.9. The maximum atomic E-state index is 12.5. The van der Waals surface area contributed by atoms with Crippen LogP contribution in [0.1, 0.15) is 0 Å². The van der Waals surface area contributed by atoms with Gasteiger partial charge in [-0.2, -0.15) is 0 Å². The summed E-state index contributed by atoms with van der Waals surface area (Å²) in [6.45, 7) is -0.00380. The monoisotopic (exact) mass is 357 g/mol. The fourth-order valence-electron chi connectivity index (χ4n) is 2.57. The number of hydrogen-bond acceptors (Lipinski definition) is 5. The van der Waals surface area contributed by atoms with Crippen molar-refractivity contribution in [1.29, 1.82) is 0 Å². The highest BCUT2D eigenvalue weighted by Gasteiger charge is 2.15. The minimum Gasteiger partial charge on any atom is -0.454 e. The molecule has 7 nitrogen and oxygen atoms in total. The first kappa shape index (κ1) is 15.5. The zero-order chi connectivity index (χ0) is 17.4. The van der Waals surface area contributed by atoms with Gasteiger partial charge in [0.1, 0.15) is 6.54 Å². The lowest BCUT2D eigenvalue weighted by molar-refractivity contribution is -0.116. The van der Waals surface area contributed by atoms with Crippen molar-refractivity contribution in [3.8, 4) is 11.5 Å². The van der Waals surface area contributed by atoms with Crippen LogP contribution in [0.3, 0.4) is 0 Å². The molecule has 1 N–H and O–H groups in total. The summed E-state index contributed by atoms with van der Waals surface area (Å²) in [7, 11) is 0. The van der Waals surface area contributed by atoms with Crippen LogP contribution in [0.5, 0.6) is 11.5 Å². The number of nitrogens with one attached hydrogen (secondary N) is 1. The van der Waals surface area contributed by atoms with Crippen molar-refractivity contribution in [3.05, 3.63) is 58.1 Å². The molecule has 0 unspecified atom stereocenters. The number of carbonyl (C=O) groups excluding carboxylic acids is 1. The van der Waals surface area contributed by atoms with Gasteiger partial charge in [0.25, 0.3) is 5.56 Å². The molecule has 1 aliphatic heterocycles. The number of benzene rings is 2. The van der Waals surface area contributed by atoms with Crippen LogP contribution in [0.15, 0.2) is 47.5 Å². The van der Waals surface area contributed by atoms with E-state index >= 15 is 0 Å². The van der Waals surface area contributed by atoms with Gasteiger partial charge in [-0.3, -0.25) is 14.2 Å². The van der Waals surface area contributed by atoms with E-state index in [0.29, 0.717) is 33.1 Å². The topological polar surface area (TPSA) is 82.5 Å². The molecule has 4 rings (SSSR count). The highest BCUT2D eigenvalue weighted by Crippen LogP contribution is 2.34. The third-order valence-corrected chi connectivity index (χ3v) is 3.99. The van der Waals surface area contributed by atoms with E-state index in [9.17, 15) is 9.59 Å². The molecule has 2 aromatic carbocycles. The second-order valence-corrected chi connectivity index (χ2v) is 5.89. The van der Waals surface area contributed by atoms with Crippen molar-refractivity contribution < 1.29 is 14.3 Å². The number of carbonyl (C=O) groups is 1. The summed E-state index contributed by atoms with van der Waals surface area (Å²) in [4.78, 5) is 28.9. The molecular weight excluding hydrogens is 346 g/mol. The van der Waals surface area contributed by atoms with Crippen molar-refractivity contribution in [2.45, 2.75) is 6.54 Å². The third kappa shape index (κ3) is 3.01. The molecule has 0 saturated carbocycles. The molecule has 2 heterocycles. The average Bonchev–Trinajstić information content (AvgIpc) is 3.05. The van der Waals surface area contributed by atoms with E-state index < -0.39 is 0 Å². The van der Waals surface area contributed by atoms with Crippen molar-refractivity contribution in [1.82, 2.24) is 9.55 Å². The molecule has 8 heteroatoms. The van der Waals surface area contributed by atoms with Gasteiger partial charge in [0.05, 0.1) is 17.2 Å². The predicted octanol–water partition coefficient (Wildman–Crippen LogP) is 2.42. The summed E-state index contributed by atoms with van der Waals surface area (Å²) in [6.07, 6.45) is 1.35. The molecule has 1 aliphatic rings. The molecule has 3 aromatic rings. The first-order valence-electron chi connectivity index (χ1n) is 7.44. The zero-order valence-corrected chi connectivity index (χ0v) is 13.6. The maximum absolute atomic E-state index is 12.5. The number of aromatic nitrogens is 2. The average molecular weight is 358 g/mol. The Kier molecular flexibility index (Phi) is 3.77. The Balaban J connectivity index is 1.55. The molecule has 1 aromatic heterocycles. The Morgan fingerprint density at radius 1 is 1.20 bits per heavy atom. The van der Waals surface area contributed by atoms with Crippen molar-refractivity contribution >= 4 is 34.1 Å². The highest BCUT2D eigenvalue weighted by atomic mass is 35.5. The van der Waals surface area contributed by atoms with E-state index in [-0.39, 0.29) is 24.8 Å². The summed E-state index contributed by atoms with van der Waals surface area (Å²) in [5.74, 6) is 0.839. The highest BCUT2D eigenvalue weighted by molar-refractivity contribution is 6.31. The lowest BCUT2D eigenvalue weighted by atomic mass is 10.2. The largest absolute Gasteiger partial charge is 0.454 e. The molecule has 0 bridgehead atoms. The number of nitrogens with zero attached hydrogens (tertiary/aromatic N) is 2. The van der Waals surface area contributed by atoms with Crippen LogP contribution in [0.2, 0.25) is 5.02 Å². The maximum Gasteiger partial charge on any atom is 0.261 e. The lowest BCUT2D eigenvalue weighted by Gasteiger charge is -2.08. The SMILES string of the molecule is O=C(Cn1cnc2ccc(Cl)cc2c1=O)Nc1ccc2c(c1)OCO2. The molecule has 0 fully saturated rings. The molecule has 1 amide bonds. The van der Waals surface area contributed by atoms with Crippen molar-refractivity contribution in [3.63, 3.8) is 0 Å². The standard InChI is InChI=1S/C17H12ClN3O4/c18-10-1-3-13-12(5-10)17(23)21(8-19-13)7-16(22)20-11-2-4-14-15(6-11)25-9-24-14/h1-6,8H,7,9H2,(H,20,22). The molecule has 25 heavy (non-hydrogen) atoms. The van der Waals surface area contributed by atoms with Crippen LogP contribution >= 0.6 is 11.6 Å². The molecular formula is C17H12ClN3O4. The second-order valence-electron chi connectivity index (χ2n) is 5.46. The van der Waals surface area contributed by atoms with Gasteiger partial charge in [-0.1, -0.05) is 11.6 Å². The number of anilines is 1. The minimum atomic E-state index is -0.357. The number of amides is 1. The molecule has 126 valence electrons. The quantitative estimate of drug-likeness (QED) is 0.778. The minimum absolute atomic E-state index is 0.160. The smallest absolute Gasteiger partial charge is 0.261 e. The first-order valence-corrected chi connectivity index (χ1v) is 7.82. The predicted molar refractivity (Wildman–Crippen MR) is 92.2 cm³/mol. The number of halogens is 1. The van der Waals surface area contributed by atoms with Crippen molar-refractivity contribution in [2.75, 3.05) is 12.1 Å². The van der Waals surface area contributed by atoms with Gasteiger partial charge in [-0.15, -0.1) is 0 Å². The Morgan fingerprint density at radius 3 is 2.92 bits per heavy atom. The van der Waals surface area contributed by atoms with E-state index in [1.54, 1.807) is 36.4 Å². The first-order chi connectivity index (χ1) is 12.1. The molecule has 0 saturated heterocycles. The van der Waals surface area contributed by atoms with Gasteiger partial charge < -0.3 is 14.8 Å². The van der Waals surface area contributed by atoms with Crippen molar-refractivity contribution in [2.24, 2.45) is 0 Å². The van der Waals surface area contributed by atoms with E-state index in [1.807, 2.05) is 0 Å². The summed E-state index contributed by atoms with van der Waals surface area (Å²) >= 11 is 5.93. The van der Waals surface area contributed by atoms with E-state index in [4.69, 9.17) is 21.1 Å². The fraction of sp³-hybridized carbons (Fsp3) is 0.118. The Bertz CT molecular complexity index is 1050. The van der Waals surface area contributed by atoms with Gasteiger partial charge >= 0.3 is 0 Å². The van der Waals surface area contributed by atoms with E-state index in [1.165, 1.54) is 10.9 Å². The number of fused-ring (bicyclic) bond motifs is 2. The van der Waals surface area contributed by atoms with Gasteiger partial charge in [0.2, 0.25) is 12.7 Å². The van der Waals surface area contributed by atoms with Gasteiger partial charge in [-0.05, 0) is 30.3 Å². The summed E-state index contributed by atoms with van der Waals surface area (Å²) < 4.78 is 11.7. The van der Waals surface area contributed by atoms with E-state index in [0.717, 1.165) is 0 Å². The fourth-order valence-corrected chi connectivity index (χ4v) is 2.75. The number of rotatable bonds is 3. The van der Waals surface area contributed by atoms with Crippen LogP contribution < -0.4 is 20.3 Å². The number of hydrogen-bond donors (Lipinski definition) is 1. The summed E-state index contributed by atoms with van der Waals surface area (Å²) in [6, 6.07) is 9.94. The number of ether oxygens (including phenoxy) is 2. The normalized spacial score (nSPS) is 12.4. The third-order valence-electron chi connectivity index (χ3n) is 3.76. The Hall–Kier alpha value is -3.06. The Morgan fingerprint density at radius 2 is 2.04 bits per heavy atom. The van der Waals surface area contributed by atoms with Crippen LogP contribution in [0.25, 0.3) is 10.9 Å². The molecule has 0 radical (unpaired) electrons. The van der Waals surface area contributed by atoms with Gasteiger partial charge in [-0.25, -0.2) is 4.98 Å². The van der Waals surface area contributed by atoms with E-state index in [2.05, 4.69) is 10.3 Å². The second kappa shape index (κ2) is 6.10. The van der Waals surface area contributed by atoms with Gasteiger partial charge in [0.15, 0.2) is 11.5 Å². The van der Waals surface area contributed by atoms with Crippen LogP contribution in [0, 0.1) is 0 Å². The summed E-state index contributed by atoms with van der Waals surface area (Å²) in [5, 5.41) is 3.52. The Labute approximate surface area is 146 Å². The van der Waals surface area contributed by atoms with Crippen LogP contribution in [-0.2, 0) is 11.3 Å². The van der Waals surface area contributed by atoms with Crippen LogP contribution in [0.4, 0.5) is 5.69 Å². The molecule has 0 spiro atoms. The lowest BCUT2D eigenvalue weighted by Crippen LogP contribution is -2.27. The molecule has 0 atom stereocenters.